The maximum absolute atomic E-state index is 12.8. The predicted octanol–water partition coefficient (Wildman–Crippen LogP) is 4.67. The number of rotatable bonds is 4. The van der Waals surface area contributed by atoms with E-state index in [1.807, 2.05) is 0 Å². The number of fused-ring (bicyclic) bond motifs is 1. The van der Waals surface area contributed by atoms with E-state index < -0.39 is 33.1 Å². The van der Waals surface area contributed by atoms with Gasteiger partial charge in [0.1, 0.15) is 0 Å². The van der Waals surface area contributed by atoms with Crippen LogP contribution in [0.25, 0.3) is 11.1 Å². The summed E-state index contributed by atoms with van der Waals surface area (Å²) in [6.07, 6.45) is -4.76. The number of aromatic nitrogens is 1. The molecule has 0 fully saturated rings. The molecule has 3 rings (SSSR count). The quantitative estimate of drug-likeness (QED) is 0.345. The molecule has 2 aromatic carbocycles. The average molecular weight is 425 g/mol. The zero-order chi connectivity index (χ0) is 20.7. The number of benzene rings is 2. The molecule has 0 aliphatic rings. The highest BCUT2D eigenvalue weighted by Crippen LogP contribution is 2.33. The Bertz CT molecular complexity index is 1120. The molecule has 0 unspecified atom stereocenters. The molecule has 0 saturated carbocycles. The van der Waals surface area contributed by atoms with Crippen molar-refractivity contribution in [2.45, 2.75) is 18.1 Å². The van der Waals surface area contributed by atoms with Crippen molar-refractivity contribution >= 4 is 21.2 Å². The van der Waals surface area contributed by atoms with Gasteiger partial charge in [-0.1, -0.05) is 24.3 Å². The standard InChI is InChI=1S/C16H9F6NO4S/c17-15(18,19)10-4-1-3-9(7-10)8-13-23-14-11(26-13)5-2-6-12(14)27-28(24,25)16(20,21)22/h1-7H,8H2. The van der Waals surface area contributed by atoms with Gasteiger partial charge in [0, 0.05) is 6.42 Å². The zero-order valence-electron chi connectivity index (χ0n) is 13.5. The third-order valence-corrected chi connectivity index (χ3v) is 4.48. The van der Waals surface area contributed by atoms with Gasteiger partial charge >= 0.3 is 21.8 Å². The van der Waals surface area contributed by atoms with Crippen LogP contribution >= 0.6 is 0 Å². The number of halogens is 6. The Morgan fingerprint density at radius 1 is 1.00 bits per heavy atom. The van der Waals surface area contributed by atoms with Gasteiger partial charge in [-0.25, -0.2) is 4.98 Å². The number of oxazole rings is 1. The molecule has 12 heteroatoms. The first-order chi connectivity index (χ1) is 12.9. The molecule has 0 spiro atoms. The normalized spacial score (nSPS) is 13.1. The number of hydrogen-bond donors (Lipinski definition) is 0. The van der Waals surface area contributed by atoms with Gasteiger partial charge in [0.05, 0.1) is 5.56 Å². The van der Waals surface area contributed by atoms with Crippen LogP contribution in [0.2, 0.25) is 0 Å². The second-order valence-electron chi connectivity index (χ2n) is 5.57. The summed E-state index contributed by atoms with van der Waals surface area (Å²) in [5, 5.41) is 0. The van der Waals surface area contributed by atoms with E-state index in [1.165, 1.54) is 24.3 Å². The molecule has 1 aromatic heterocycles. The lowest BCUT2D eigenvalue weighted by Gasteiger charge is -2.09. The van der Waals surface area contributed by atoms with E-state index in [1.54, 1.807) is 0 Å². The van der Waals surface area contributed by atoms with Gasteiger partial charge in [-0.15, -0.1) is 0 Å². The lowest BCUT2D eigenvalue weighted by Crippen LogP contribution is -2.28. The third-order valence-electron chi connectivity index (χ3n) is 3.52. The number of alkyl halides is 6. The zero-order valence-corrected chi connectivity index (χ0v) is 14.3. The summed E-state index contributed by atoms with van der Waals surface area (Å²) in [6, 6.07) is 7.75. The van der Waals surface area contributed by atoms with Gasteiger partial charge in [-0.3, -0.25) is 0 Å². The number of nitrogens with zero attached hydrogens (tertiary/aromatic N) is 1. The van der Waals surface area contributed by atoms with Crippen molar-refractivity contribution < 1.29 is 43.4 Å². The van der Waals surface area contributed by atoms with E-state index in [9.17, 15) is 34.8 Å². The summed E-state index contributed by atoms with van der Waals surface area (Å²) in [5.41, 5.74) is -6.73. The molecule has 1 heterocycles. The van der Waals surface area contributed by atoms with Gasteiger partial charge in [0.2, 0.25) is 0 Å². The maximum Gasteiger partial charge on any atom is 0.534 e. The number of para-hydroxylation sites is 1. The van der Waals surface area contributed by atoms with Crippen molar-refractivity contribution in [1.29, 1.82) is 0 Å². The van der Waals surface area contributed by atoms with Crippen molar-refractivity contribution in [3.8, 4) is 5.75 Å². The first kappa shape index (κ1) is 20.0. The highest BCUT2D eigenvalue weighted by Gasteiger charge is 2.48. The fraction of sp³-hybridized carbons (Fsp3) is 0.188. The molecule has 28 heavy (non-hydrogen) atoms. The lowest BCUT2D eigenvalue weighted by molar-refractivity contribution is -0.137. The maximum atomic E-state index is 12.8. The molecule has 0 bridgehead atoms. The summed E-state index contributed by atoms with van der Waals surface area (Å²) in [6.45, 7) is 0. The van der Waals surface area contributed by atoms with Crippen molar-refractivity contribution in [3.05, 3.63) is 59.5 Å². The monoisotopic (exact) mass is 425 g/mol. The first-order valence-corrected chi connectivity index (χ1v) is 8.83. The van der Waals surface area contributed by atoms with Crippen molar-refractivity contribution in [2.75, 3.05) is 0 Å². The Morgan fingerprint density at radius 3 is 2.32 bits per heavy atom. The minimum Gasteiger partial charge on any atom is -0.440 e. The van der Waals surface area contributed by atoms with Gasteiger partial charge in [-0.05, 0) is 23.8 Å². The summed E-state index contributed by atoms with van der Waals surface area (Å²) in [7, 11) is -5.92. The van der Waals surface area contributed by atoms with Gasteiger partial charge in [0.15, 0.2) is 22.7 Å². The Morgan fingerprint density at radius 2 is 1.68 bits per heavy atom. The van der Waals surface area contributed by atoms with Gasteiger partial charge < -0.3 is 8.60 Å². The first-order valence-electron chi connectivity index (χ1n) is 7.42. The molecule has 5 nitrogen and oxygen atoms in total. The highest BCUT2D eigenvalue weighted by atomic mass is 32.2. The van der Waals surface area contributed by atoms with E-state index in [4.69, 9.17) is 4.42 Å². The van der Waals surface area contributed by atoms with E-state index in [0.717, 1.165) is 18.2 Å². The van der Waals surface area contributed by atoms with Crippen molar-refractivity contribution in [1.82, 2.24) is 4.98 Å². The second-order valence-corrected chi connectivity index (χ2v) is 7.11. The van der Waals surface area contributed by atoms with E-state index in [2.05, 4.69) is 9.17 Å². The summed E-state index contributed by atoms with van der Waals surface area (Å²) in [5.74, 6) is -0.844. The molecular weight excluding hydrogens is 416 g/mol. The SMILES string of the molecule is O=S(=O)(Oc1cccc2oc(Cc3cccc(C(F)(F)F)c3)nc12)C(F)(F)F. The van der Waals surface area contributed by atoms with Gasteiger partial charge in [-0.2, -0.15) is 34.8 Å². The Balaban J connectivity index is 1.94. The topological polar surface area (TPSA) is 69.4 Å². The molecular formula is C16H9F6NO4S. The van der Waals surface area contributed by atoms with Crippen LogP contribution in [-0.4, -0.2) is 18.9 Å². The van der Waals surface area contributed by atoms with E-state index in [-0.39, 0.29) is 29.0 Å². The van der Waals surface area contributed by atoms with Crippen LogP contribution in [0.3, 0.4) is 0 Å². The fourth-order valence-electron chi connectivity index (χ4n) is 2.31. The van der Waals surface area contributed by atoms with Crippen molar-refractivity contribution in [2.24, 2.45) is 0 Å². The number of hydrogen-bond acceptors (Lipinski definition) is 5. The predicted molar refractivity (Wildman–Crippen MR) is 83.9 cm³/mol. The smallest absolute Gasteiger partial charge is 0.440 e. The van der Waals surface area contributed by atoms with Crippen LogP contribution in [0.4, 0.5) is 26.3 Å². The Labute approximate surface area is 153 Å². The van der Waals surface area contributed by atoms with Crippen LogP contribution in [0, 0.1) is 0 Å². The molecule has 0 atom stereocenters. The summed E-state index contributed by atoms with van der Waals surface area (Å²) in [4.78, 5) is 3.86. The minimum atomic E-state index is -5.92. The molecule has 3 aromatic rings. The molecule has 0 aliphatic carbocycles. The van der Waals surface area contributed by atoms with Crippen molar-refractivity contribution in [3.63, 3.8) is 0 Å². The molecule has 0 N–H and O–H groups in total. The molecule has 0 saturated heterocycles. The van der Waals surface area contributed by atoms with E-state index in [0.29, 0.717) is 0 Å². The molecule has 0 amide bonds. The largest absolute Gasteiger partial charge is 0.534 e. The highest BCUT2D eigenvalue weighted by molar-refractivity contribution is 7.88. The average Bonchev–Trinajstić information content (AvgIpc) is 2.96. The Kier molecular flexibility index (Phi) is 4.77. The molecule has 0 aliphatic heterocycles. The fourth-order valence-corrected chi connectivity index (χ4v) is 2.78. The van der Waals surface area contributed by atoms with Crippen LogP contribution < -0.4 is 4.18 Å². The minimum absolute atomic E-state index is 0.0862. The molecule has 150 valence electrons. The molecule has 0 radical (unpaired) electrons. The summed E-state index contributed by atoms with van der Waals surface area (Å²) >= 11 is 0. The van der Waals surface area contributed by atoms with Gasteiger partial charge in [0.25, 0.3) is 0 Å². The summed E-state index contributed by atoms with van der Waals surface area (Å²) < 4.78 is 108. The van der Waals surface area contributed by atoms with Crippen LogP contribution in [0.1, 0.15) is 17.0 Å². The third kappa shape index (κ3) is 4.06. The van der Waals surface area contributed by atoms with Crippen LogP contribution in [-0.2, 0) is 22.7 Å². The lowest BCUT2D eigenvalue weighted by atomic mass is 10.1. The van der Waals surface area contributed by atoms with Crippen LogP contribution in [0.5, 0.6) is 5.75 Å². The van der Waals surface area contributed by atoms with E-state index >= 15 is 0 Å². The van der Waals surface area contributed by atoms with Crippen LogP contribution in [0.15, 0.2) is 46.9 Å². The second kappa shape index (κ2) is 6.69. The Hall–Kier alpha value is -2.76.